The zero-order valence-corrected chi connectivity index (χ0v) is 11.7. The minimum atomic E-state index is 0.985. The molecule has 0 nitrogen and oxygen atoms in total. The normalized spacial score (nSPS) is 9.79. The van der Waals surface area contributed by atoms with E-state index in [-0.39, 0.29) is 0 Å². The second-order valence-electron chi connectivity index (χ2n) is 4.82. The molecule has 0 aromatic heterocycles. The molecule has 0 heteroatoms. The van der Waals surface area contributed by atoms with Gasteiger partial charge < -0.3 is 0 Å². The molecule has 0 amide bonds. The van der Waals surface area contributed by atoms with Crippen molar-refractivity contribution < 1.29 is 0 Å². The van der Waals surface area contributed by atoms with Crippen LogP contribution in [0.15, 0.2) is 48.5 Å². The molecule has 0 unspecified atom stereocenters. The van der Waals surface area contributed by atoms with Gasteiger partial charge in [-0.05, 0) is 30.5 Å². The summed E-state index contributed by atoms with van der Waals surface area (Å²) in [5.74, 6) is 6.61. The van der Waals surface area contributed by atoms with E-state index in [1.807, 2.05) is 6.07 Å². The van der Waals surface area contributed by atoms with Gasteiger partial charge in [0.15, 0.2) is 0 Å². The van der Waals surface area contributed by atoms with E-state index in [9.17, 15) is 0 Å². The molecule has 0 spiro atoms. The number of unbranched alkanes of at least 4 members (excludes halogenated alkanes) is 2. The molecule has 0 fully saturated rings. The molecule has 0 aliphatic carbocycles. The van der Waals surface area contributed by atoms with Crippen molar-refractivity contribution in [3.63, 3.8) is 0 Å². The number of benzene rings is 2. The molecule has 0 N–H and O–H groups in total. The molecule has 0 bridgehead atoms. The first-order valence-electron chi connectivity index (χ1n) is 6.96. The number of rotatable bonds is 3. The van der Waals surface area contributed by atoms with Crippen molar-refractivity contribution in [2.75, 3.05) is 0 Å². The highest BCUT2D eigenvalue weighted by Gasteiger charge is 2.02. The Bertz CT molecular complexity index is 582. The summed E-state index contributed by atoms with van der Waals surface area (Å²) in [6, 6.07) is 17.0. The van der Waals surface area contributed by atoms with Gasteiger partial charge in [-0.1, -0.05) is 73.2 Å². The molecule has 0 heterocycles. The van der Waals surface area contributed by atoms with E-state index < -0.39 is 0 Å². The van der Waals surface area contributed by atoms with Crippen LogP contribution in [-0.4, -0.2) is 0 Å². The third-order valence-corrected chi connectivity index (χ3v) is 3.14. The molecule has 2 aromatic rings. The lowest BCUT2D eigenvalue weighted by atomic mass is 9.98. The van der Waals surface area contributed by atoms with E-state index in [0.29, 0.717) is 0 Å². The number of hydrogen-bond donors (Lipinski definition) is 0. The maximum atomic E-state index is 3.32. The van der Waals surface area contributed by atoms with Crippen LogP contribution in [0, 0.1) is 18.8 Å². The lowest BCUT2D eigenvalue weighted by molar-refractivity contribution is 0.828. The summed E-state index contributed by atoms with van der Waals surface area (Å²) in [5, 5.41) is 0. The molecule has 0 radical (unpaired) electrons. The molecular weight excluding hydrogens is 228 g/mol. The summed E-state index contributed by atoms with van der Waals surface area (Å²) in [5.41, 5.74) is 4.89. The Labute approximate surface area is 116 Å². The predicted octanol–water partition coefficient (Wildman–Crippen LogP) is 5.20. The fraction of sp³-hybridized carbons (Fsp3) is 0.263. The average Bonchev–Trinajstić information content (AvgIpc) is 2.46. The van der Waals surface area contributed by atoms with Crippen LogP contribution in [0.25, 0.3) is 11.1 Å². The first kappa shape index (κ1) is 13.4. The van der Waals surface area contributed by atoms with Crippen LogP contribution >= 0.6 is 0 Å². The summed E-state index contributed by atoms with van der Waals surface area (Å²) >= 11 is 0. The summed E-state index contributed by atoms with van der Waals surface area (Å²) in [7, 11) is 0. The highest BCUT2D eigenvalue weighted by molar-refractivity contribution is 5.71. The van der Waals surface area contributed by atoms with Crippen LogP contribution < -0.4 is 0 Å². The summed E-state index contributed by atoms with van der Waals surface area (Å²) < 4.78 is 0. The second-order valence-corrected chi connectivity index (χ2v) is 4.82. The van der Waals surface area contributed by atoms with E-state index in [1.165, 1.54) is 29.5 Å². The SMILES string of the molecule is CCCCC#Cc1ccc(C)cc1-c1ccccc1. The van der Waals surface area contributed by atoms with Crippen molar-refractivity contribution in [3.05, 3.63) is 59.7 Å². The largest absolute Gasteiger partial charge is 0.0979 e. The Morgan fingerprint density at radius 1 is 1.00 bits per heavy atom. The van der Waals surface area contributed by atoms with E-state index in [1.54, 1.807) is 0 Å². The molecular formula is C19H20. The van der Waals surface area contributed by atoms with Crippen LogP contribution in [0.2, 0.25) is 0 Å². The highest BCUT2D eigenvalue weighted by atomic mass is 14.1. The van der Waals surface area contributed by atoms with E-state index >= 15 is 0 Å². The van der Waals surface area contributed by atoms with Crippen molar-refractivity contribution in [2.45, 2.75) is 33.1 Å². The zero-order valence-electron chi connectivity index (χ0n) is 11.7. The first-order valence-corrected chi connectivity index (χ1v) is 6.96. The number of aryl methyl sites for hydroxylation is 1. The van der Waals surface area contributed by atoms with E-state index in [2.05, 4.69) is 68.2 Å². The first-order chi connectivity index (χ1) is 9.31. The Hall–Kier alpha value is -2.00. The van der Waals surface area contributed by atoms with Gasteiger partial charge in [-0.3, -0.25) is 0 Å². The van der Waals surface area contributed by atoms with Gasteiger partial charge in [0.1, 0.15) is 0 Å². The molecule has 96 valence electrons. The van der Waals surface area contributed by atoms with Gasteiger partial charge >= 0.3 is 0 Å². The van der Waals surface area contributed by atoms with E-state index in [4.69, 9.17) is 0 Å². The second kappa shape index (κ2) is 6.81. The third-order valence-electron chi connectivity index (χ3n) is 3.14. The molecule has 19 heavy (non-hydrogen) atoms. The summed E-state index contributed by atoms with van der Waals surface area (Å²) in [6.45, 7) is 4.32. The van der Waals surface area contributed by atoms with E-state index in [0.717, 1.165) is 12.0 Å². The van der Waals surface area contributed by atoms with Crippen molar-refractivity contribution in [2.24, 2.45) is 0 Å². The monoisotopic (exact) mass is 248 g/mol. The Kier molecular flexibility index (Phi) is 4.81. The molecule has 0 aliphatic rings. The molecule has 0 aliphatic heterocycles. The molecule has 2 rings (SSSR count). The van der Waals surface area contributed by atoms with Gasteiger partial charge in [-0.15, -0.1) is 0 Å². The van der Waals surface area contributed by atoms with Gasteiger partial charge in [0, 0.05) is 12.0 Å². The molecule has 2 aromatic carbocycles. The lowest BCUT2D eigenvalue weighted by Crippen LogP contribution is -1.86. The summed E-state index contributed by atoms with van der Waals surface area (Å²) in [4.78, 5) is 0. The third kappa shape index (κ3) is 3.73. The molecule has 0 saturated heterocycles. The molecule has 0 atom stereocenters. The topological polar surface area (TPSA) is 0 Å². The van der Waals surface area contributed by atoms with Crippen molar-refractivity contribution >= 4 is 0 Å². The smallest absolute Gasteiger partial charge is 0.0323 e. The van der Waals surface area contributed by atoms with Crippen molar-refractivity contribution in [1.29, 1.82) is 0 Å². The number of hydrogen-bond acceptors (Lipinski definition) is 0. The van der Waals surface area contributed by atoms with Crippen LogP contribution in [0.5, 0.6) is 0 Å². The van der Waals surface area contributed by atoms with Crippen LogP contribution in [-0.2, 0) is 0 Å². The zero-order chi connectivity index (χ0) is 13.5. The fourth-order valence-corrected chi connectivity index (χ4v) is 2.05. The Balaban J connectivity index is 2.35. The Morgan fingerprint density at radius 2 is 1.79 bits per heavy atom. The maximum Gasteiger partial charge on any atom is 0.0323 e. The fourth-order valence-electron chi connectivity index (χ4n) is 2.05. The van der Waals surface area contributed by atoms with Crippen molar-refractivity contribution in [1.82, 2.24) is 0 Å². The summed E-state index contributed by atoms with van der Waals surface area (Å²) in [6.07, 6.45) is 3.37. The lowest BCUT2D eigenvalue weighted by Gasteiger charge is -2.06. The minimum Gasteiger partial charge on any atom is -0.0979 e. The average molecular weight is 248 g/mol. The van der Waals surface area contributed by atoms with Gasteiger partial charge in [0.05, 0.1) is 0 Å². The van der Waals surface area contributed by atoms with Crippen LogP contribution in [0.1, 0.15) is 37.3 Å². The van der Waals surface area contributed by atoms with Gasteiger partial charge in [-0.25, -0.2) is 0 Å². The quantitative estimate of drug-likeness (QED) is 0.517. The predicted molar refractivity (Wildman–Crippen MR) is 83.0 cm³/mol. The standard InChI is InChI=1S/C19H20/c1-3-4-5-7-12-18-14-13-16(2)15-19(18)17-10-8-6-9-11-17/h6,8-11,13-15H,3-5H2,1-2H3. The van der Waals surface area contributed by atoms with Gasteiger partial charge in [0.25, 0.3) is 0 Å². The van der Waals surface area contributed by atoms with Crippen LogP contribution in [0.3, 0.4) is 0 Å². The van der Waals surface area contributed by atoms with Gasteiger partial charge in [0.2, 0.25) is 0 Å². The van der Waals surface area contributed by atoms with Crippen LogP contribution in [0.4, 0.5) is 0 Å². The minimum absolute atomic E-state index is 0.985. The maximum absolute atomic E-state index is 3.32. The molecule has 0 saturated carbocycles. The van der Waals surface area contributed by atoms with Crippen molar-refractivity contribution in [3.8, 4) is 23.0 Å². The van der Waals surface area contributed by atoms with Gasteiger partial charge in [-0.2, -0.15) is 0 Å². The highest BCUT2D eigenvalue weighted by Crippen LogP contribution is 2.24. The Morgan fingerprint density at radius 3 is 2.53 bits per heavy atom.